The summed E-state index contributed by atoms with van der Waals surface area (Å²) in [5, 5.41) is 11.2. The minimum atomic E-state index is -0.555. The number of halogens is 1. The van der Waals surface area contributed by atoms with Crippen molar-refractivity contribution in [1.29, 1.82) is 0 Å². The van der Waals surface area contributed by atoms with Gasteiger partial charge >= 0.3 is 5.82 Å². The van der Waals surface area contributed by atoms with Gasteiger partial charge < -0.3 is 19.8 Å². The zero-order valence-corrected chi connectivity index (χ0v) is 11.9. The molecule has 1 aromatic rings. The van der Waals surface area contributed by atoms with Crippen LogP contribution in [0.4, 0.5) is 5.82 Å². The largest absolute Gasteiger partial charge is 0.373 e. The van der Waals surface area contributed by atoms with Crippen molar-refractivity contribution in [2.45, 2.75) is 19.1 Å². The van der Waals surface area contributed by atoms with Crippen LogP contribution >= 0.6 is 15.9 Å². The van der Waals surface area contributed by atoms with Crippen molar-refractivity contribution in [3.8, 4) is 0 Å². The first kappa shape index (κ1) is 14.0. The van der Waals surface area contributed by atoms with Gasteiger partial charge in [-0.05, 0) is 17.9 Å². The third-order valence-electron chi connectivity index (χ3n) is 3.04. The molecule has 104 valence electrons. The minimum absolute atomic E-state index is 0.0508. The molecule has 1 amide bonds. The molecule has 0 aliphatic carbocycles. The second-order valence-electron chi connectivity index (χ2n) is 4.43. The summed E-state index contributed by atoms with van der Waals surface area (Å²) in [6.07, 6.45) is -0.0508. The van der Waals surface area contributed by atoms with Crippen LogP contribution in [0.3, 0.4) is 0 Å². The Kier molecular flexibility index (Phi) is 4.20. The van der Waals surface area contributed by atoms with Crippen molar-refractivity contribution in [3.63, 3.8) is 0 Å². The van der Waals surface area contributed by atoms with Crippen LogP contribution in [0.2, 0.25) is 0 Å². The lowest BCUT2D eigenvalue weighted by Gasteiger charge is -2.36. The van der Waals surface area contributed by atoms with Gasteiger partial charge in [-0.15, -0.1) is 0 Å². The fraction of sp³-hybridized carbons (Fsp3) is 0.545. The Morgan fingerprint density at radius 2 is 2.42 bits per heavy atom. The number of rotatable bonds is 3. The van der Waals surface area contributed by atoms with Crippen molar-refractivity contribution >= 4 is 27.7 Å². The summed E-state index contributed by atoms with van der Waals surface area (Å²) in [6, 6.07) is 2.68. The number of ether oxygens (including phenoxy) is 1. The Labute approximate surface area is 118 Å². The third-order valence-corrected chi connectivity index (χ3v) is 3.76. The van der Waals surface area contributed by atoms with Crippen molar-refractivity contribution < 1.29 is 14.5 Å². The zero-order valence-electron chi connectivity index (χ0n) is 10.3. The third kappa shape index (κ3) is 2.95. The Balaban J connectivity index is 2.14. The average Bonchev–Trinajstić information content (AvgIpc) is 2.88. The molecular weight excluding hydrogens is 318 g/mol. The number of carbonyl (C=O) groups excluding carboxylic acids is 1. The van der Waals surface area contributed by atoms with Crippen LogP contribution in [-0.2, 0) is 4.74 Å². The topological polar surface area (TPSA) is 88.5 Å². The highest BCUT2D eigenvalue weighted by Gasteiger charge is 2.31. The van der Waals surface area contributed by atoms with Crippen LogP contribution in [0.5, 0.6) is 0 Å². The maximum absolute atomic E-state index is 12.3. The number of hydrogen-bond acceptors (Lipinski definition) is 4. The number of morpholine rings is 1. The van der Waals surface area contributed by atoms with E-state index < -0.39 is 4.92 Å². The number of aromatic amines is 1. The molecule has 1 aromatic heterocycles. The second-order valence-corrected chi connectivity index (χ2v) is 5.08. The lowest BCUT2D eigenvalue weighted by atomic mass is 10.2. The van der Waals surface area contributed by atoms with Gasteiger partial charge in [0.2, 0.25) is 0 Å². The van der Waals surface area contributed by atoms with Crippen LogP contribution < -0.4 is 0 Å². The first-order valence-corrected chi connectivity index (χ1v) is 6.97. The highest BCUT2D eigenvalue weighted by Crippen LogP contribution is 2.18. The number of carbonyl (C=O) groups is 1. The normalized spacial score (nSPS) is 23.4. The molecule has 0 spiro atoms. The Morgan fingerprint density at radius 3 is 3.00 bits per heavy atom. The van der Waals surface area contributed by atoms with Gasteiger partial charge in [0.05, 0.1) is 18.8 Å². The summed E-state index contributed by atoms with van der Waals surface area (Å²) in [5.41, 5.74) is 0.230. The highest BCUT2D eigenvalue weighted by molar-refractivity contribution is 9.09. The quantitative estimate of drug-likeness (QED) is 0.517. The molecule has 2 atom stereocenters. The number of amides is 1. The Morgan fingerprint density at radius 1 is 1.68 bits per heavy atom. The molecule has 1 saturated heterocycles. The highest BCUT2D eigenvalue weighted by atomic mass is 79.9. The number of H-pyrrole nitrogens is 1. The molecule has 19 heavy (non-hydrogen) atoms. The fourth-order valence-corrected chi connectivity index (χ4v) is 2.35. The molecule has 2 rings (SSSR count). The average molecular weight is 332 g/mol. The molecule has 2 unspecified atom stereocenters. The van der Waals surface area contributed by atoms with E-state index in [1.165, 1.54) is 12.1 Å². The van der Waals surface area contributed by atoms with Crippen LogP contribution in [0.1, 0.15) is 17.4 Å². The Bertz CT molecular complexity index is 490. The van der Waals surface area contributed by atoms with E-state index in [-0.39, 0.29) is 29.6 Å². The smallest absolute Gasteiger partial charge is 0.321 e. The number of nitro groups is 1. The zero-order chi connectivity index (χ0) is 14.0. The summed E-state index contributed by atoms with van der Waals surface area (Å²) in [4.78, 5) is 26.5. The molecule has 1 aliphatic rings. The van der Waals surface area contributed by atoms with E-state index in [1.807, 2.05) is 6.92 Å². The molecule has 1 N–H and O–H groups in total. The number of aromatic nitrogens is 1. The van der Waals surface area contributed by atoms with Gasteiger partial charge in [0.15, 0.2) is 5.69 Å². The van der Waals surface area contributed by atoms with Crippen molar-refractivity contribution in [2.75, 3.05) is 18.5 Å². The van der Waals surface area contributed by atoms with E-state index >= 15 is 0 Å². The SMILES string of the molecule is CC1COC(CBr)CN1C(=O)c1ccc([N+](=O)[O-])[nH]1. The molecule has 7 nitrogen and oxygen atoms in total. The van der Waals surface area contributed by atoms with Crippen LogP contribution in [0, 0.1) is 10.1 Å². The molecule has 2 heterocycles. The van der Waals surface area contributed by atoms with Crippen molar-refractivity contribution in [3.05, 3.63) is 27.9 Å². The summed E-state index contributed by atoms with van der Waals surface area (Å²) >= 11 is 3.33. The molecule has 0 saturated carbocycles. The molecule has 0 bridgehead atoms. The number of nitrogens with zero attached hydrogens (tertiary/aromatic N) is 2. The van der Waals surface area contributed by atoms with Crippen molar-refractivity contribution in [2.24, 2.45) is 0 Å². The molecule has 1 fully saturated rings. The van der Waals surface area contributed by atoms with Gasteiger partial charge in [-0.1, -0.05) is 15.9 Å². The second kappa shape index (κ2) is 5.70. The van der Waals surface area contributed by atoms with Gasteiger partial charge in [-0.3, -0.25) is 4.79 Å². The van der Waals surface area contributed by atoms with Crippen LogP contribution in [0.15, 0.2) is 12.1 Å². The lowest BCUT2D eigenvalue weighted by molar-refractivity contribution is -0.389. The van der Waals surface area contributed by atoms with Gasteiger partial charge in [0.1, 0.15) is 0 Å². The predicted molar refractivity (Wildman–Crippen MR) is 71.5 cm³/mol. The number of hydrogen-bond donors (Lipinski definition) is 1. The summed E-state index contributed by atoms with van der Waals surface area (Å²) in [7, 11) is 0. The fourth-order valence-electron chi connectivity index (χ4n) is 1.96. The van der Waals surface area contributed by atoms with Gasteiger partial charge in [-0.2, -0.15) is 0 Å². The molecule has 0 aromatic carbocycles. The number of alkyl halides is 1. The standard InChI is InChI=1S/C11H14BrN3O4/c1-7-6-19-8(4-12)5-14(7)11(16)9-2-3-10(13-9)15(17)18/h2-3,7-8,13H,4-6H2,1H3. The first-order valence-electron chi connectivity index (χ1n) is 5.85. The van der Waals surface area contributed by atoms with E-state index in [4.69, 9.17) is 4.74 Å². The van der Waals surface area contributed by atoms with Gasteiger partial charge in [-0.25, -0.2) is 4.98 Å². The maximum Gasteiger partial charge on any atom is 0.321 e. The van der Waals surface area contributed by atoms with E-state index in [2.05, 4.69) is 20.9 Å². The Hall–Kier alpha value is -1.41. The van der Waals surface area contributed by atoms with Crippen molar-refractivity contribution in [1.82, 2.24) is 9.88 Å². The van der Waals surface area contributed by atoms with Crippen LogP contribution in [-0.4, -0.2) is 51.3 Å². The minimum Gasteiger partial charge on any atom is -0.373 e. The van der Waals surface area contributed by atoms with E-state index in [1.54, 1.807) is 4.90 Å². The molecular formula is C11H14BrN3O4. The van der Waals surface area contributed by atoms with E-state index in [0.29, 0.717) is 18.5 Å². The van der Waals surface area contributed by atoms with Gasteiger partial charge in [0, 0.05) is 17.9 Å². The van der Waals surface area contributed by atoms with Gasteiger partial charge in [0.25, 0.3) is 5.91 Å². The van der Waals surface area contributed by atoms with E-state index in [9.17, 15) is 14.9 Å². The molecule has 0 radical (unpaired) electrons. The van der Waals surface area contributed by atoms with E-state index in [0.717, 1.165) is 0 Å². The summed E-state index contributed by atoms with van der Waals surface area (Å²) in [6.45, 7) is 2.82. The summed E-state index contributed by atoms with van der Waals surface area (Å²) in [5.74, 6) is -0.420. The monoisotopic (exact) mass is 331 g/mol. The van der Waals surface area contributed by atoms with Crippen LogP contribution in [0.25, 0.3) is 0 Å². The lowest BCUT2D eigenvalue weighted by Crippen LogP contribution is -2.51. The first-order chi connectivity index (χ1) is 9.02. The maximum atomic E-state index is 12.3. The molecule has 1 aliphatic heterocycles. The number of nitrogens with one attached hydrogen (secondary N) is 1. The summed E-state index contributed by atoms with van der Waals surface area (Å²) < 4.78 is 5.54. The molecule has 8 heteroatoms. The predicted octanol–water partition coefficient (Wildman–Crippen LogP) is 1.55.